The zero-order chi connectivity index (χ0) is 23.4. The van der Waals surface area contributed by atoms with E-state index in [2.05, 4.69) is 34.5 Å². The van der Waals surface area contributed by atoms with Gasteiger partial charge in [0.05, 0.1) is 30.4 Å². The Morgan fingerprint density at radius 1 is 1.15 bits per heavy atom. The van der Waals surface area contributed by atoms with Crippen molar-refractivity contribution < 1.29 is 9.37 Å². The van der Waals surface area contributed by atoms with Crippen molar-refractivity contribution in [2.24, 2.45) is 16.6 Å². The van der Waals surface area contributed by atoms with Gasteiger partial charge in [0.2, 0.25) is 11.8 Å². The minimum absolute atomic E-state index is 0.0000279. The molecule has 1 aromatic heterocycles. The number of carbonyl (C=O) groups is 1. The van der Waals surface area contributed by atoms with Crippen molar-refractivity contribution in [1.82, 2.24) is 14.9 Å². The summed E-state index contributed by atoms with van der Waals surface area (Å²) in [5.41, 5.74) is 16.9. The fourth-order valence-corrected chi connectivity index (χ4v) is 5.70. The second-order valence-electron chi connectivity index (χ2n) is 9.31. The van der Waals surface area contributed by atoms with Crippen molar-refractivity contribution in [3.05, 3.63) is 34.9 Å². The predicted octanol–water partition coefficient (Wildman–Crippen LogP) is 2.47. The molecule has 2 aromatic rings. The van der Waals surface area contributed by atoms with Crippen LogP contribution in [0.1, 0.15) is 41.8 Å². The molecule has 9 heteroatoms. The molecule has 0 aliphatic carbocycles. The lowest BCUT2D eigenvalue weighted by Gasteiger charge is -2.20. The average Bonchev–Trinajstić information content (AvgIpc) is 3.32. The van der Waals surface area contributed by atoms with Crippen LogP contribution in [-0.4, -0.2) is 67.9 Å². The quantitative estimate of drug-likeness (QED) is 0.521. The first-order chi connectivity index (χ1) is 15.7. The molecule has 1 amide bonds. The third-order valence-electron chi connectivity index (χ3n) is 6.67. The molecule has 3 aliphatic rings. The van der Waals surface area contributed by atoms with E-state index in [1.54, 1.807) is 11.8 Å². The Hall–Kier alpha value is -2.78. The highest BCUT2D eigenvalue weighted by molar-refractivity contribution is 7.99. The van der Waals surface area contributed by atoms with E-state index >= 15 is 0 Å². The van der Waals surface area contributed by atoms with E-state index in [-0.39, 0.29) is 29.9 Å². The number of aromatic nitrogens is 2. The number of hydrogen-bond donors (Lipinski definition) is 2. The van der Waals surface area contributed by atoms with E-state index in [1.807, 2.05) is 30.9 Å². The molecule has 0 saturated carbocycles. The Labute approximate surface area is 198 Å². The normalized spacial score (nSPS) is 20.9. The summed E-state index contributed by atoms with van der Waals surface area (Å²) in [5.74, 6) is 3.08. The van der Waals surface area contributed by atoms with Crippen LogP contribution in [-0.2, 0) is 0 Å². The summed E-state index contributed by atoms with van der Waals surface area (Å²) in [6.45, 7) is 9.57. The first kappa shape index (κ1) is 22.0. The molecule has 33 heavy (non-hydrogen) atoms. The summed E-state index contributed by atoms with van der Waals surface area (Å²) in [6, 6.07) is 5.76. The highest BCUT2D eigenvalue weighted by Crippen LogP contribution is 2.32. The number of benzene rings is 1. The molecule has 172 valence electrons. The number of nitrogens with two attached hydrogens (primary N) is 2. The number of nitrogen functional groups attached to an aromatic ring is 1. The van der Waals surface area contributed by atoms with Crippen molar-refractivity contribution in [1.29, 1.82) is 0 Å². The Kier molecular flexibility index (Phi) is 5.49. The molecule has 1 saturated heterocycles. The van der Waals surface area contributed by atoms with Gasteiger partial charge in [-0.25, -0.2) is 19.4 Å². The van der Waals surface area contributed by atoms with Gasteiger partial charge in [-0.15, -0.1) is 16.8 Å². The molecule has 0 radical (unpaired) electrons. The van der Waals surface area contributed by atoms with Gasteiger partial charge in [0, 0.05) is 17.7 Å². The Balaban J connectivity index is 1.69. The second kappa shape index (κ2) is 8.22. The van der Waals surface area contributed by atoms with E-state index < -0.39 is 0 Å². The summed E-state index contributed by atoms with van der Waals surface area (Å²) in [6.07, 6.45) is 0.815. The van der Waals surface area contributed by atoms with Gasteiger partial charge in [-0.2, -0.15) is 0 Å². The fourth-order valence-electron chi connectivity index (χ4n) is 4.87. The average molecular weight is 465 g/mol. The maximum atomic E-state index is 13.9. The number of amides is 1. The van der Waals surface area contributed by atoms with Crippen LogP contribution in [0, 0.1) is 19.8 Å². The van der Waals surface area contributed by atoms with Crippen molar-refractivity contribution in [2.45, 2.75) is 51.2 Å². The number of fused-ring (bicyclic) bond motifs is 5. The SMILES string of the molecule is Cc1cc(C)c2cc1C(=O)N1CCC3N=C(C(N)C(C)C)[N+](=C31)CCSc1cc-2nc(N)n1. The van der Waals surface area contributed by atoms with Crippen LogP contribution in [0.5, 0.6) is 0 Å². The third-order valence-corrected chi connectivity index (χ3v) is 7.56. The predicted molar refractivity (Wildman–Crippen MR) is 132 cm³/mol. The number of nitrogens with zero attached hydrogens (tertiary/aromatic N) is 5. The van der Waals surface area contributed by atoms with Gasteiger partial charge in [0.1, 0.15) is 5.03 Å². The number of carbonyl (C=O) groups excluding carboxylic acids is 1. The minimum Gasteiger partial charge on any atom is -0.368 e. The van der Waals surface area contributed by atoms with Crippen molar-refractivity contribution in [2.75, 3.05) is 24.6 Å². The monoisotopic (exact) mass is 464 g/mol. The number of aryl methyl sites for hydroxylation is 2. The van der Waals surface area contributed by atoms with Crippen molar-refractivity contribution in [3.63, 3.8) is 0 Å². The van der Waals surface area contributed by atoms with E-state index in [4.69, 9.17) is 16.5 Å². The number of anilines is 1. The lowest BCUT2D eigenvalue weighted by atomic mass is 9.97. The molecule has 1 aromatic carbocycles. The smallest absolute Gasteiger partial charge is 0.314 e. The van der Waals surface area contributed by atoms with Gasteiger partial charge >= 0.3 is 5.91 Å². The zero-order valence-electron chi connectivity index (χ0n) is 19.5. The summed E-state index contributed by atoms with van der Waals surface area (Å²) in [4.78, 5) is 29.7. The summed E-state index contributed by atoms with van der Waals surface area (Å²) in [7, 11) is 0. The molecule has 1 fully saturated rings. The third kappa shape index (κ3) is 3.73. The van der Waals surface area contributed by atoms with Crippen LogP contribution < -0.4 is 11.5 Å². The van der Waals surface area contributed by atoms with Crippen LogP contribution in [0.15, 0.2) is 28.2 Å². The highest BCUT2D eigenvalue weighted by atomic mass is 32.2. The van der Waals surface area contributed by atoms with Crippen LogP contribution in [0.3, 0.4) is 0 Å². The zero-order valence-corrected chi connectivity index (χ0v) is 20.3. The number of aliphatic imine (C=N–C) groups is 1. The Morgan fingerprint density at radius 3 is 2.67 bits per heavy atom. The van der Waals surface area contributed by atoms with Crippen LogP contribution in [0.4, 0.5) is 5.95 Å². The standard InChI is InChI=1S/C24H30N7OS/c1-12(2)20(25)21-27-17-5-6-31-22(17)30(21)7-8-33-19-11-18(28-24(26)29-19)15-10-16(23(31)32)14(4)9-13(15)3/h9-12,17,20H,5-8,25H2,1-4H3,(H2,26,28,29)/q+1. The molecular weight excluding hydrogens is 434 g/mol. The molecule has 5 rings (SSSR count). The van der Waals surface area contributed by atoms with Crippen molar-refractivity contribution >= 4 is 35.3 Å². The van der Waals surface area contributed by atoms with Gasteiger partial charge in [-0.05, 0) is 43.0 Å². The van der Waals surface area contributed by atoms with Gasteiger partial charge in [-0.1, -0.05) is 19.9 Å². The van der Waals surface area contributed by atoms with Crippen LogP contribution in [0.25, 0.3) is 11.3 Å². The van der Waals surface area contributed by atoms with Gasteiger partial charge in [0.15, 0.2) is 6.04 Å². The maximum Gasteiger partial charge on any atom is 0.314 e. The van der Waals surface area contributed by atoms with Gasteiger partial charge < -0.3 is 11.5 Å². The molecule has 0 spiro atoms. The molecule has 8 nitrogen and oxygen atoms in total. The number of thioether (sulfide) groups is 1. The topological polar surface area (TPSA) is 114 Å². The second-order valence-corrected chi connectivity index (χ2v) is 10.4. The fraction of sp³-hybridized carbons (Fsp3) is 0.458. The van der Waals surface area contributed by atoms with E-state index in [9.17, 15) is 4.79 Å². The van der Waals surface area contributed by atoms with E-state index in [0.717, 1.165) is 51.3 Å². The van der Waals surface area contributed by atoms with E-state index in [0.29, 0.717) is 18.7 Å². The molecule has 2 atom stereocenters. The van der Waals surface area contributed by atoms with Crippen LogP contribution in [0.2, 0.25) is 0 Å². The van der Waals surface area contributed by atoms with Crippen LogP contribution >= 0.6 is 11.8 Å². The molecule has 2 unspecified atom stereocenters. The Bertz CT molecular complexity index is 1220. The highest BCUT2D eigenvalue weighted by Gasteiger charge is 2.49. The first-order valence-corrected chi connectivity index (χ1v) is 12.4. The molecule has 4 bridgehead atoms. The largest absolute Gasteiger partial charge is 0.368 e. The van der Waals surface area contributed by atoms with Crippen molar-refractivity contribution in [3.8, 4) is 11.3 Å². The maximum absolute atomic E-state index is 13.9. The number of rotatable bonds is 2. The first-order valence-electron chi connectivity index (χ1n) is 11.4. The summed E-state index contributed by atoms with van der Waals surface area (Å²) in [5, 5.41) is 0.820. The summed E-state index contributed by atoms with van der Waals surface area (Å²) < 4.78 is 2.18. The Morgan fingerprint density at radius 2 is 1.91 bits per heavy atom. The molecule has 3 aliphatic heterocycles. The number of amidine groups is 2. The van der Waals surface area contributed by atoms with Gasteiger partial charge in [-0.3, -0.25) is 4.79 Å². The lowest BCUT2D eigenvalue weighted by molar-refractivity contribution is -0.407. The van der Waals surface area contributed by atoms with Gasteiger partial charge in [0.25, 0.3) is 5.84 Å². The molecule has 4 heterocycles. The summed E-state index contributed by atoms with van der Waals surface area (Å²) >= 11 is 1.63. The number of hydrogen-bond acceptors (Lipinski definition) is 7. The van der Waals surface area contributed by atoms with E-state index in [1.165, 1.54) is 0 Å². The minimum atomic E-state index is -0.185. The molecular formula is C24H30N7OS+. The molecule has 4 N–H and O–H groups in total. The lowest BCUT2D eigenvalue weighted by Crippen LogP contribution is -2.46.